The minimum absolute atomic E-state index is 0.0389. The van der Waals surface area contributed by atoms with Gasteiger partial charge in [0.25, 0.3) is 0 Å². The maximum absolute atomic E-state index is 12.7. The van der Waals surface area contributed by atoms with Crippen molar-refractivity contribution in [3.8, 4) is 5.75 Å². The number of nitrogens with one attached hydrogen (secondary N) is 1. The van der Waals surface area contributed by atoms with Crippen LogP contribution in [0.25, 0.3) is 0 Å². The number of nitrogens with zero attached hydrogens (tertiary/aromatic N) is 1. The maximum Gasteiger partial charge on any atom is 0.248 e. The summed E-state index contributed by atoms with van der Waals surface area (Å²) < 4.78 is 5.40. The van der Waals surface area contributed by atoms with E-state index in [1.807, 2.05) is 6.92 Å². The molecule has 0 unspecified atom stereocenters. The van der Waals surface area contributed by atoms with Gasteiger partial charge >= 0.3 is 0 Å². The molecule has 0 aromatic heterocycles. The van der Waals surface area contributed by atoms with Crippen molar-refractivity contribution >= 4 is 35.0 Å². The average molecular weight is 410 g/mol. The summed E-state index contributed by atoms with van der Waals surface area (Å²) in [5, 5.41) is 2.64. The Morgan fingerprint density at radius 3 is 2.20 bits per heavy atom. The molecule has 0 saturated carbocycles. The molecule has 0 radical (unpaired) electrons. The van der Waals surface area contributed by atoms with E-state index in [0.717, 1.165) is 0 Å². The summed E-state index contributed by atoms with van der Waals surface area (Å²) in [6, 6.07) is 11.0. The van der Waals surface area contributed by atoms with Gasteiger partial charge in [-0.2, -0.15) is 0 Å². The van der Waals surface area contributed by atoms with Crippen molar-refractivity contribution in [2.75, 3.05) is 23.4 Å². The molecular weight excluding hydrogens is 388 g/mol. The van der Waals surface area contributed by atoms with Crippen LogP contribution in [-0.4, -0.2) is 36.8 Å². The van der Waals surface area contributed by atoms with Gasteiger partial charge in [0.2, 0.25) is 23.6 Å². The van der Waals surface area contributed by atoms with Crippen molar-refractivity contribution in [1.29, 1.82) is 0 Å². The predicted octanol–water partition coefficient (Wildman–Crippen LogP) is 1.27. The Labute approximate surface area is 173 Å². The third-order valence-corrected chi connectivity index (χ3v) is 4.72. The Balaban J connectivity index is 1.73. The van der Waals surface area contributed by atoms with E-state index in [1.54, 1.807) is 24.3 Å². The number of hydrogen-bond donors (Lipinski definition) is 3. The lowest BCUT2D eigenvalue weighted by molar-refractivity contribution is -0.122. The largest absolute Gasteiger partial charge is 0.494 e. The molecule has 0 spiro atoms. The summed E-state index contributed by atoms with van der Waals surface area (Å²) in [6.45, 7) is 2.63. The standard InChI is InChI=1S/C21H22N4O5/c1-2-30-17-5-3-16(4-6-17)25-11-14(10-18(25)26)21(29)24-15-8-12(19(22)27)7-13(9-15)20(23)28/h3-9,14H,2,10-11H2,1H3,(H2,22,27)(H2,23,28)(H,24,29)/t14-/m1/s1. The summed E-state index contributed by atoms with van der Waals surface area (Å²) in [6.07, 6.45) is 0.0389. The number of rotatable bonds is 7. The number of hydrogen-bond acceptors (Lipinski definition) is 5. The number of benzene rings is 2. The van der Waals surface area contributed by atoms with Crippen LogP contribution in [0.1, 0.15) is 34.1 Å². The van der Waals surface area contributed by atoms with E-state index < -0.39 is 23.6 Å². The van der Waals surface area contributed by atoms with Crippen LogP contribution in [0.5, 0.6) is 5.75 Å². The van der Waals surface area contributed by atoms with Crippen molar-refractivity contribution < 1.29 is 23.9 Å². The lowest BCUT2D eigenvalue weighted by Gasteiger charge is -2.17. The molecule has 1 fully saturated rings. The topological polar surface area (TPSA) is 145 Å². The van der Waals surface area contributed by atoms with Crippen LogP contribution < -0.4 is 26.4 Å². The first-order chi connectivity index (χ1) is 14.3. The Morgan fingerprint density at radius 2 is 1.67 bits per heavy atom. The minimum Gasteiger partial charge on any atom is -0.494 e. The molecule has 30 heavy (non-hydrogen) atoms. The smallest absolute Gasteiger partial charge is 0.248 e. The van der Waals surface area contributed by atoms with E-state index in [9.17, 15) is 19.2 Å². The van der Waals surface area contributed by atoms with Gasteiger partial charge in [-0.15, -0.1) is 0 Å². The number of nitrogens with two attached hydrogens (primary N) is 2. The second-order valence-electron chi connectivity index (χ2n) is 6.85. The number of primary amides is 2. The van der Waals surface area contributed by atoms with Gasteiger partial charge in [0, 0.05) is 35.5 Å². The van der Waals surface area contributed by atoms with Crippen molar-refractivity contribution in [2.24, 2.45) is 17.4 Å². The van der Waals surface area contributed by atoms with Crippen LogP contribution in [-0.2, 0) is 9.59 Å². The average Bonchev–Trinajstić information content (AvgIpc) is 3.10. The van der Waals surface area contributed by atoms with Crippen molar-refractivity contribution in [3.63, 3.8) is 0 Å². The van der Waals surface area contributed by atoms with Gasteiger partial charge in [0.15, 0.2) is 0 Å². The van der Waals surface area contributed by atoms with Gasteiger partial charge in [-0.3, -0.25) is 19.2 Å². The summed E-state index contributed by atoms with van der Waals surface area (Å²) in [5.41, 5.74) is 11.5. The van der Waals surface area contributed by atoms with Gasteiger partial charge in [-0.05, 0) is 49.4 Å². The van der Waals surface area contributed by atoms with Gasteiger partial charge in [0.1, 0.15) is 5.75 Å². The molecule has 0 bridgehead atoms. The third kappa shape index (κ3) is 4.57. The van der Waals surface area contributed by atoms with Crippen LogP contribution in [0.3, 0.4) is 0 Å². The van der Waals surface area contributed by atoms with Gasteiger partial charge < -0.3 is 26.4 Å². The molecule has 1 heterocycles. The molecule has 1 aliphatic heterocycles. The predicted molar refractivity (Wildman–Crippen MR) is 110 cm³/mol. The number of ether oxygens (including phenoxy) is 1. The van der Waals surface area contributed by atoms with Crippen LogP contribution in [0.4, 0.5) is 11.4 Å². The van der Waals surface area contributed by atoms with Gasteiger partial charge in [-0.25, -0.2) is 0 Å². The van der Waals surface area contributed by atoms with E-state index in [1.165, 1.54) is 23.1 Å². The second-order valence-corrected chi connectivity index (χ2v) is 6.85. The lowest BCUT2D eigenvalue weighted by atomic mass is 10.1. The molecule has 3 rings (SSSR count). The van der Waals surface area contributed by atoms with Crippen LogP contribution in [0.15, 0.2) is 42.5 Å². The first-order valence-corrected chi connectivity index (χ1v) is 9.37. The molecule has 0 aliphatic carbocycles. The van der Waals surface area contributed by atoms with Crippen molar-refractivity contribution in [3.05, 3.63) is 53.6 Å². The quantitative estimate of drug-likeness (QED) is 0.629. The van der Waals surface area contributed by atoms with Crippen LogP contribution >= 0.6 is 0 Å². The fourth-order valence-electron chi connectivity index (χ4n) is 3.25. The highest BCUT2D eigenvalue weighted by atomic mass is 16.5. The van der Waals surface area contributed by atoms with E-state index in [2.05, 4.69) is 5.32 Å². The van der Waals surface area contributed by atoms with Crippen molar-refractivity contribution in [1.82, 2.24) is 0 Å². The molecule has 1 saturated heterocycles. The molecule has 9 heteroatoms. The zero-order valence-electron chi connectivity index (χ0n) is 16.4. The highest BCUT2D eigenvalue weighted by Crippen LogP contribution is 2.28. The van der Waals surface area contributed by atoms with E-state index in [4.69, 9.17) is 16.2 Å². The molecule has 1 atom stereocenters. The first-order valence-electron chi connectivity index (χ1n) is 9.37. The monoisotopic (exact) mass is 410 g/mol. The molecule has 1 aliphatic rings. The summed E-state index contributed by atoms with van der Waals surface area (Å²) in [4.78, 5) is 49.6. The molecule has 2 aromatic rings. The molecule has 2 aromatic carbocycles. The van der Waals surface area contributed by atoms with Crippen molar-refractivity contribution in [2.45, 2.75) is 13.3 Å². The Bertz CT molecular complexity index is 971. The zero-order chi connectivity index (χ0) is 21.8. The summed E-state index contributed by atoms with van der Waals surface area (Å²) in [5.74, 6) is -2.01. The lowest BCUT2D eigenvalue weighted by Crippen LogP contribution is -2.28. The molecule has 4 amide bonds. The highest BCUT2D eigenvalue weighted by molar-refractivity contribution is 6.05. The number of carbonyl (C=O) groups is 4. The number of carbonyl (C=O) groups excluding carboxylic acids is 4. The SMILES string of the molecule is CCOc1ccc(N2C[C@H](C(=O)Nc3cc(C(N)=O)cc(C(N)=O)c3)CC2=O)cc1. The minimum atomic E-state index is -0.758. The third-order valence-electron chi connectivity index (χ3n) is 4.72. The fraction of sp³-hybridized carbons (Fsp3) is 0.238. The number of amides is 4. The normalized spacial score (nSPS) is 15.7. The molecule has 9 nitrogen and oxygen atoms in total. The van der Waals surface area contributed by atoms with Gasteiger partial charge in [0.05, 0.1) is 12.5 Å². The Kier molecular flexibility index (Phi) is 6.01. The highest BCUT2D eigenvalue weighted by Gasteiger charge is 2.35. The Hall–Kier alpha value is -3.88. The fourth-order valence-corrected chi connectivity index (χ4v) is 3.25. The van der Waals surface area contributed by atoms with Gasteiger partial charge in [-0.1, -0.05) is 0 Å². The maximum atomic E-state index is 12.7. The molecule has 5 N–H and O–H groups in total. The Morgan fingerprint density at radius 1 is 1.07 bits per heavy atom. The zero-order valence-corrected chi connectivity index (χ0v) is 16.4. The molecular formula is C21H22N4O5. The van der Waals surface area contributed by atoms with Crippen LogP contribution in [0.2, 0.25) is 0 Å². The van der Waals surface area contributed by atoms with E-state index in [-0.39, 0.29) is 35.7 Å². The van der Waals surface area contributed by atoms with Crippen LogP contribution in [0, 0.1) is 5.92 Å². The summed E-state index contributed by atoms with van der Waals surface area (Å²) >= 11 is 0. The molecule has 156 valence electrons. The van der Waals surface area contributed by atoms with E-state index in [0.29, 0.717) is 18.0 Å². The first kappa shape index (κ1) is 20.8. The number of anilines is 2. The summed E-state index contributed by atoms with van der Waals surface area (Å²) in [7, 11) is 0. The van der Waals surface area contributed by atoms with E-state index >= 15 is 0 Å². The second kappa shape index (κ2) is 8.64.